The van der Waals surface area contributed by atoms with Crippen LogP contribution in [0.2, 0.25) is 0 Å². The summed E-state index contributed by atoms with van der Waals surface area (Å²) in [7, 11) is 4.07. The first-order valence-electron chi connectivity index (χ1n) is 13.3. The van der Waals surface area contributed by atoms with Crippen LogP contribution in [0.5, 0.6) is 5.75 Å². The van der Waals surface area contributed by atoms with Crippen molar-refractivity contribution >= 4 is 57.0 Å². The molecule has 0 unspecified atom stereocenters. The van der Waals surface area contributed by atoms with Crippen LogP contribution in [0.4, 0.5) is 0 Å². The summed E-state index contributed by atoms with van der Waals surface area (Å²) in [6.45, 7) is 7.94. The molecule has 2 aromatic carbocycles. The first-order chi connectivity index (χ1) is 17.8. The second-order valence-electron chi connectivity index (χ2n) is 9.79. The predicted molar refractivity (Wildman–Crippen MR) is 166 cm³/mol. The van der Waals surface area contributed by atoms with E-state index < -0.39 is 0 Å². The van der Waals surface area contributed by atoms with Crippen LogP contribution in [0.15, 0.2) is 39.7 Å². The van der Waals surface area contributed by atoms with Gasteiger partial charge < -0.3 is 19.3 Å². The molecule has 38 heavy (non-hydrogen) atoms. The van der Waals surface area contributed by atoms with Crippen molar-refractivity contribution < 1.29 is 14.6 Å². The highest BCUT2D eigenvalue weighted by Crippen LogP contribution is 2.41. The first kappa shape index (κ1) is 32.5. The average Bonchev–Trinajstić information content (AvgIpc) is 3.14. The Kier molecular flexibility index (Phi) is 13.5. The molecule has 0 radical (unpaired) electrons. The fourth-order valence-corrected chi connectivity index (χ4v) is 6.33. The Morgan fingerprint density at radius 2 is 1.84 bits per heavy atom. The predicted octanol–water partition coefficient (Wildman–Crippen LogP) is 8.64. The summed E-state index contributed by atoms with van der Waals surface area (Å²) < 4.78 is 8.25. The standard InChI is InChI=1S/C30H41BrN2O3S.ClH/c1-6-8-9-10-11-12-16-32(4)19-23-27-25(18-24(31)29(23)34)33(5)26(28(27)30(35)36-7-2)20-37-22-15-13-14-21(3)17-22;/h13-15,17-18,34H,6-12,16,19-20H2,1-5H3;1H. The van der Waals surface area contributed by atoms with Gasteiger partial charge >= 0.3 is 5.97 Å². The summed E-state index contributed by atoms with van der Waals surface area (Å²) in [5, 5.41) is 11.9. The third-order valence-electron chi connectivity index (χ3n) is 6.80. The van der Waals surface area contributed by atoms with Crippen molar-refractivity contribution in [2.45, 2.75) is 76.5 Å². The molecule has 0 saturated heterocycles. The number of benzene rings is 2. The molecule has 3 rings (SSSR count). The Morgan fingerprint density at radius 1 is 1.13 bits per heavy atom. The molecule has 5 nitrogen and oxygen atoms in total. The van der Waals surface area contributed by atoms with E-state index in [9.17, 15) is 9.90 Å². The minimum atomic E-state index is -0.338. The number of unbranched alkanes of at least 4 members (excludes halogenated alkanes) is 5. The maximum Gasteiger partial charge on any atom is 0.340 e. The van der Waals surface area contributed by atoms with E-state index in [-0.39, 0.29) is 24.1 Å². The van der Waals surface area contributed by atoms with Gasteiger partial charge in [-0.3, -0.25) is 0 Å². The van der Waals surface area contributed by atoms with Gasteiger partial charge in [0, 0.05) is 40.9 Å². The van der Waals surface area contributed by atoms with E-state index in [1.165, 1.54) is 37.7 Å². The van der Waals surface area contributed by atoms with Crippen LogP contribution in [0.25, 0.3) is 10.9 Å². The van der Waals surface area contributed by atoms with Gasteiger partial charge in [-0.1, -0.05) is 56.7 Å². The Bertz CT molecular complexity index is 1210. The van der Waals surface area contributed by atoms with Gasteiger partial charge in [0.25, 0.3) is 0 Å². The van der Waals surface area contributed by atoms with Gasteiger partial charge in [0.15, 0.2) is 0 Å². The molecule has 0 bridgehead atoms. The van der Waals surface area contributed by atoms with E-state index in [2.05, 4.69) is 70.6 Å². The zero-order chi connectivity index (χ0) is 26.9. The number of hydrogen-bond donors (Lipinski definition) is 1. The van der Waals surface area contributed by atoms with Gasteiger partial charge in [0.2, 0.25) is 0 Å². The van der Waals surface area contributed by atoms with Crippen LogP contribution in [0.3, 0.4) is 0 Å². The van der Waals surface area contributed by atoms with Crippen molar-refractivity contribution in [3.8, 4) is 5.75 Å². The SMILES string of the molecule is CCCCCCCCN(C)Cc1c(O)c(Br)cc2c1c(C(=O)OCC)c(CSc1cccc(C)c1)n2C.Cl. The number of phenolic OH excluding ortho intramolecular Hbond substituents is 1. The molecule has 0 spiro atoms. The van der Waals surface area contributed by atoms with Gasteiger partial charge in [-0.2, -0.15) is 0 Å². The van der Waals surface area contributed by atoms with E-state index in [4.69, 9.17) is 4.74 Å². The average molecular weight is 626 g/mol. The lowest BCUT2D eigenvalue weighted by Crippen LogP contribution is -2.20. The molecule has 0 aliphatic heterocycles. The number of aryl methyl sites for hydroxylation is 2. The summed E-state index contributed by atoms with van der Waals surface area (Å²) >= 11 is 5.26. The van der Waals surface area contributed by atoms with Gasteiger partial charge in [-0.25, -0.2) is 4.79 Å². The van der Waals surface area contributed by atoms with Gasteiger partial charge in [-0.15, -0.1) is 24.2 Å². The van der Waals surface area contributed by atoms with E-state index in [1.54, 1.807) is 11.8 Å². The largest absolute Gasteiger partial charge is 0.506 e. The van der Waals surface area contributed by atoms with Gasteiger partial charge in [-0.05, 0) is 68.0 Å². The molecule has 1 heterocycles. The van der Waals surface area contributed by atoms with Crippen LogP contribution in [0.1, 0.15) is 79.6 Å². The number of thioether (sulfide) groups is 1. The van der Waals surface area contributed by atoms with Crippen molar-refractivity contribution in [2.24, 2.45) is 7.05 Å². The Morgan fingerprint density at radius 3 is 2.53 bits per heavy atom. The minimum absolute atomic E-state index is 0. The lowest BCUT2D eigenvalue weighted by atomic mass is 10.0. The topological polar surface area (TPSA) is 54.7 Å². The molecule has 1 aromatic heterocycles. The third-order valence-corrected chi connectivity index (χ3v) is 8.41. The van der Waals surface area contributed by atoms with E-state index >= 15 is 0 Å². The molecule has 3 aromatic rings. The molecule has 0 aliphatic rings. The highest BCUT2D eigenvalue weighted by Gasteiger charge is 2.27. The van der Waals surface area contributed by atoms with Crippen molar-refractivity contribution in [1.82, 2.24) is 9.47 Å². The quantitative estimate of drug-likeness (QED) is 0.110. The Balaban J connectivity index is 0.00000507. The number of aromatic nitrogens is 1. The second-order valence-corrected chi connectivity index (χ2v) is 11.7. The van der Waals surface area contributed by atoms with Crippen molar-refractivity contribution in [3.63, 3.8) is 0 Å². The normalized spacial score (nSPS) is 11.2. The van der Waals surface area contributed by atoms with Crippen LogP contribution in [-0.4, -0.2) is 40.7 Å². The maximum atomic E-state index is 13.3. The van der Waals surface area contributed by atoms with Crippen LogP contribution in [0, 0.1) is 6.92 Å². The number of nitrogens with zero attached hydrogens (tertiary/aromatic N) is 2. The zero-order valence-corrected chi connectivity index (χ0v) is 26.5. The fourth-order valence-electron chi connectivity index (χ4n) is 4.79. The van der Waals surface area contributed by atoms with Crippen molar-refractivity contribution in [3.05, 3.63) is 57.2 Å². The number of halogens is 2. The number of ether oxygens (including phenoxy) is 1. The molecular weight excluding hydrogens is 584 g/mol. The number of hydrogen-bond acceptors (Lipinski definition) is 5. The molecule has 8 heteroatoms. The monoisotopic (exact) mass is 624 g/mol. The smallest absolute Gasteiger partial charge is 0.340 e. The Hall–Kier alpha value is -1.67. The molecule has 0 atom stereocenters. The number of rotatable bonds is 14. The van der Waals surface area contributed by atoms with Crippen molar-refractivity contribution in [1.29, 1.82) is 0 Å². The number of carbonyl (C=O) groups is 1. The van der Waals surface area contributed by atoms with Crippen molar-refractivity contribution in [2.75, 3.05) is 20.2 Å². The van der Waals surface area contributed by atoms with E-state index in [0.717, 1.165) is 40.0 Å². The lowest BCUT2D eigenvalue weighted by molar-refractivity contribution is 0.0527. The fraction of sp³-hybridized carbons (Fsp3) is 0.500. The highest BCUT2D eigenvalue weighted by atomic mass is 79.9. The molecular formula is C30H42BrClN2O3S. The third kappa shape index (κ3) is 8.17. The molecule has 0 amide bonds. The highest BCUT2D eigenvalue weighted by molar-refractivity contribution is 9.10. The summed E-state index contributed by atoms with van der Waals surface area (Å²) in [6, 6.07) is 10.3. The van der Waals surface area contributed by atoms with Gasteiger partial charge in [0.1, 0.15) is 5.75 Å². The maximum absolute atomic E-state index is 13.3. The van der Waals surface area contributed by atoms with Crippen LogP contribution < -0.4 is 0 Å². The number of aromatic hydroxyl groups is 1. The number of phenols is 1. The summed E-state index contributed by atoms with van der Waals surface area (Å²) in [4.78, 5) is 16.7. The molecule has 0 saturated carbocycles. The second kappa shape index (κ2) is 15.8. The van der Waals surface area contributed by atoms with Crippen LogP contribution in [-0.2, 0) is 24.1 Å². The number of esters is 1. The molecule has 0 aliphatic carbocycles. The summed E-state index contributed by atoms with van der Waals surface area (Å²) in [6.07, 6.45) is 7.45. The molecule has 1 N–H and O–H groups in total. The zero-order valence-electron chi connectivity index (χ0n) is 23.3. The lowest BCUT2D eigenvalue weighted by Gasteiger charge is -2.19. The van der Waals surface area contributed by atoms with Crippen LogP contribution >= 0.6 is 40.1 Å². The number of carbonyl (C=O) groups excluding carboxylic acids is 1. The van der Waals surface area contributed by atoms with E-state index in [0.29, 0.717) is 28.9 Å². The first-order valence-corrected chi connectivity index (χ1v) is 15.1. The molecule has 0 fully saturated rings. The molecule has 210 valence electrons. The van der Waals surface area contributed by atoms with Gasteiger partial charge in [0.05, 0.1) is 22.2 Å². The summed E-state index contributed by atoms with van der Waals surface area (Å²) in [5.74, 6) is 0.472. The Labute approximate surface area is 246 Å². The number of fused-ring (bicyclic) bond motifs is 1. The van der Waals surface area contributed by atoms with E-state index in [1.807, 2.05) is 20.0 Å². The summed E-state index contributed by atoms with van der Waals surface area (Å²) in [5.41, 5.74) is 4.35. The minimum Gasteiger partial charge on any atom is -0.506 e.